The van der Waals surface area contributed by atoms with Crippen molar-refractivity contribution in [2.45, 2.75) is 52.2 Å². The van der Waals surface area contributed by atoms with Crippen LogP contribution in [0.3, 0.4) is 0 Å². The molecule has 1 aliphatic heterocycles. The molecule has 0 radical (unpaired) electrons. The van der Waals surface area contributed by atoms with Crippen LogP contribution in [0.4, 0.5) is 9.18 Å². The van der Waals surface area contributed by atoms with Gasteiger partial charge in [-0.1, -0.05) is 43.2 Å². The van der Waals surface area contributed by atoms with Crippen LogP contribution in [0.2, 0.25) is 5.02 Å². The van der Waals surface area contributed by atoms with Crippen molar-refractivity contribution >= 4 is 35.3 Å². The van der Waals surface area contributed by atoms with Crippen LogP contribution >= 0.6 is 11.6 Å². The van der Waals surface area contributed by atoms with Crippen molar-refractivity contribution in [3.63, 3.8) is 0 Å². The highest BCUT2D eigenvalue weighted by atomic mass is 35.5. The Morgan fingerprint density at radius 1 is 1.11 bits per heavy atom. The summed E-state index contributed by atoms with van der Waals surface area (Å²) in [5.74, 6) is -3.14. The van der Waals surface area contributed by atoms with E-state index in [9.17, 15) is 23.9 Å². The van der Waals surface area contributed by atoms with E-state index >= 15 is 0 Å². The predicted molar refractivity (Wildman–Crippen MR) is 145 cm³/mol. The van der Waals surface area contributed by atoms with Crippen LogP contribution in [0.15, 0.2) is 35.9 Å². The lowest BCUT2D eigenvalue weighted by Gasteiger charge is -2.33. The number of hydrogen-bond acceptors (Lipinski definition) is 6. The van der Waals surface area contributed by atoms with Gasteiger partial charge in [-0.2, -0.15) is 0 Å². The Morgan fingerprint density at radius 2 is 1.79 bits per heavy atom. The van der Waals surface area contributed by atoms with E-state index in [2.05, 4.69) is 4.90 Å². The van der Waals surface area contributed by atoms with E-state index in [1.807, 2.05) is 27.0 Å². The fourth-order valence-corrected chi connectivity index (χ4v) is 5.23. The first kappa shape index (κ1) is 30.0. The van der Waals surface area contributed by atoms with Gasteiger partial charge in [-0.3, -0.25) is 9.59 Å². The van der Waals surface area contributed by atoms with Crippen LogP contribution < -0.4 is 0 Å². The zero-order valence-electron chi connectivity index (χ0n) is 22.5. The lowest BCUT2D eigenvalue weighted by molar-refractivity contribution is -0.140. The Hall–Kier alpha value is -2.55. The molecule has 1 saturated heterocycles. The fraction of sp³-hybridized carbons (Fsp3) is 0.552. The van der Waals surface area contributed by atoms with Gasteiger partial charge < -0.3 is 19.6 Å². The fourth-order valence-electron chi connectivity index (χ4n) is 5.00. The molecule has 9 heteroatoms. The second kappa shape index (κ2) is 13.5. The molecule has 2 aliphatic rings. The Balaban J connectivity index is 1.90. The molecule has 1 amide bonds. The largest absolute Gasteiger partial charge is 0.442 e. The molecule has 0 aromatic heterocycles. The number of likely N-dealkylation sites (N-methyl/N-ethyl adjacent to an activating group) is 1. The molecule has 1 N–H and O–H groups in total. The highest BCUT2D eigenvalue weighted by Gasteiger charge is 2.33. The Labute approximate surface area is 229 Å². The molecule has 7 nitrogen and oxygen atoms in total. The SMILES string of the molecule is C/C(=C\c1cc(F)cc(Cl)c1)[C@H]1C(=O)C(=O)C[C@H](O)CC[C@H](C)[C@@H](OC(=O)N2CCN(C)CC2)/C=C/[C@@H]1C. The number of aliphatic hydroxyl groups excluding tert-OH is 1. The van der Waals surface area contributed by atoms with Crippen LogP contribution in [-0.2, 0) is 14.3 Å². The molecule has 1 aromatic carbocycles. The van der Waals surface area contributed by atoms with Crippen molar-refractivity contribution in [2.24, 2.45) is 17.8 Å². The van der Waals surface area contributed by atoms with E-state index in [4.69, 9.17) is 16.3 Å². The number of Topliss-reactive ketones (excluding diaryl/α,β-unsaturated/α-hetero) is 2. The Kier molecular flexibility index (Phi) is 10.7. The third kappa shape index (κ3) is 8.22. The third-order valence-corrected chi connectivity index (χ3v) is 7.61. The number of nitrogens with zero attached hydrogens (tertiary/aromatic N) is 2. The normalized spacial score (nSPS) is 29.4. The summed E-state index contributed by atoms with van der Waals surface area (Å²) >= 11 is 5.99. The van der Waals surface area contributed by atoms with Gasteiger partial charge in [0.05, 0.1) is 12.0 Å². The molecule has 1 heterocycles. The van der Waals surface area contributed by atoms with Gasteiger partial charge in [0, 0.05) is 37.6 Å². The lowest BCUT2D eigenvalue weighted by Crippen LogP contribution is -2.48. The first-order valence-electron chi connectivity index (χ1n) is 13.2. The zero-order valence-corrected chi connectivity index (χ0v) is 23.3. The van der Waals surface area contributed by atoms with Crippen LogP contribution in [0.5, 0.6) is 0 Å². The summed E-state index contributed by atoms with van der Waals surface area (Å²) in [6, 6.07) is 4.07. The standard InChI is InChI=1S/C29H38ClFN2O5/c1-18-5-7-24(34)17-25(35)28(36)27(20(3)13-21-14-22(30)16-23(31)15-21)19(2)6-8-26(18)38-29(37)33-11-9-32(4)10-12-33/h6,8,13-16,18-19,24,26-27,34H,5,7,9-12,17H2,1-4H3/b8-6+,20-13+/t18-,19-,24+,26-,27-/m0/s1. The van der Waals surface area contributed by atoms with Crippen LogP contribution in [0, 0.1) is 23.6 Å². The summed E-state index contributed by atoms with van der Waals surface area (Å²) in [7, 11) is 2.01. The number of allylic oxidation sites excluding steroid dienone is 2. The topological polar surface area (TPSA) is 87.2 Å². The summed E-state index contributed by atoms with van der Waals surface area (Å²) in [4.78, 5) is 42.9. The molecule has 5 atom stereocenters. The van der Waals surface area contributed by atoms with E-state index in [0.717, 1.165) is 13.1 Å². The van der Waals surface area contributed by atoms with Crippen molar-refractivity contribution in [1.29, 1.82) is 0 Å². The maximum atomic E-state index is 13.9. The molecule has 0 saturated carbocycles. The molecular formula is C29H38ClFN2O5. The molecule has 1 aliphatic carbocycles. The Bertz CT molecular complexity index is 1060. The first-order chi connectivity index (χ1) is 17.9. The number of ether oxygens (including phenoxy) is 1. The number of piperazine rings is 1. The van der Waals surface area contributed by atoms with Crippen LogP contribution in [-0.4, -0.2) is 78.0 Å². The molecule has 3 rings (SSSR count). The van der Waals surface area contributed by atoms with Crippen molar-refractivity contribution in [1.82, 2.24) is 9.80 Å². The molecule has 0 spiro atoms. The van der Waals surface area contributed by atoms with E-state index in [1.165, 1.54) is 12.1 Å². The summed E-state index contributed by atoms with van der Waals surface area (Å²) in [5.41, 5.74) is 1.04. The van der Waals surface area contributed by atoms with Gasteiger partial charge in [-0.25, -0.2) is 9.18 Å². The molecule has 0 bridgehead atoms. The highest BCUT2D eigenvalue weighted by Crippen LogP contribution is 2.29. The summed E-state index contributed by atoms with van der Waals surface area (Å²) in [6.07, 6.45) is 3.85. The van der Waals surface area contributed by atoms with Gasteiger partial charge in [0.25, 0.3) is 0 Å². The number of rotatable bonds is 3. The lowest BCUT2D eigenvalue weighted by atomic mass is 9.80. The van der Waals surface area contributed by atoms with E-state index < -0.39 is 41.4 Å². The Morgan fingerprint density at radius 3 is 2.45 bits per heavy atom. The van der Waals surface area contributed by atoms with Crippen LogP contribution in [0.25, 0.3) is 6.08 Å². The molecule has 38 heavy (non-hydrogen) atoms. The van der Waals surface area contributed by atoms with Gasteiger partial charge >= 0.3 is 6.09 Å². The maximum absolute atomic E-state index is 13.9. The number of halogens is 2. The van der Waals surface area contributed by atoms with E-state index in [-0.39, 0.29) is 23.5 Å². The second-order valence-corrected chi connectivity index (χ2v) is 11.1. The second-order valence-electron chi connectivity index (χ2n) is 10.7. The maximum Gasteiger partial charge on any atom is 0.410 e. The summed E-state index contributed by atoms with van der Waals surface area (Å²) in [5, 5.41) is 10.7. The van der Waals surface area contributed by atoms with E-state index in [1.54, 1.807) is 30.0 Å². The van der Waals surface area contributed by atoms with Gasteiger partial charge in [0.1, 0.15) is 11.9 Å². The van der Waals surface area contributed by atoms with Crippen LogP contribution in [0.1, 0.15) is 45.6 Å². The number of benzene rings is 1. The number of carbonyl (C=O) groups excluding carboxylic acids is 3. The molecule has 1 fully saturated rings. The first-order valence-corrected chi connectivity index (χ1v) is 13.5. The van der Waals surface area contributed by atoms with Crippen molar-refractivity contribution in [3.05, 3.63) is 52.3 Å². The predicted octanol–water partition coefficient (Wildman–Crippen LogP) is 4.76. The zero-order chi connectivity index (χ0) is 28.0. The number of hydrogen-bond donors (Lipinski definition) is 1. The summed E-state index contributed by atoms with van der Waals surface area (Å²) in [6.45, 7) is 8.19. The summed E-state index contributed by atoms with van der Waals surface area (Å²) < 4.78 is 19.8. The molecular weight excluding hydrogens is 511 g/mol. The van der Waals surface area contributed by atoms with E-state index in [0.29, 0.717) is 37.1 Å². The number of aliphatic hydroxyl groups is 1. The monoisotopic (exact) mass is 548 g/mol. The quantitative estimate of drug-likeness (QED) is 0.433. The van der Waals surface area contributed by atoms with Gasteiger partial charge in [-0.05, 0) is 68.5 Å². The number of carbonyl (C=O) groups is 3. The minimum atomic E-state index is -0.978. The molecule has 1 aromatic rings. The third-order valence-electron chi connectivity index (χ3n) is 7.39. The number of ketones is 2. The number of amides is 1. The van der Waals surface area contributed by atoms with Crippen molar-refractivity contribution < 1.29 is 28.6 Å². The van der Waals surface area contributed by atoms with Gasteiger partial charge in [0.2, 0.25) is 11.6 Å². The van der Waals surface area contributed by atoms with Crippen molar-refractivity contribution in [2.75, 3.05) is 33.2 Å². The molecule has 208 valence electrons. The molecule has 0 unspecified atom stereocenters. The minimum absolute atomic E-state index is 0.112. The average molecular weight is 549 g/mol. The van der Waals surface area contributed by atoms with Crippen molar-refractivity contribution in [3.8, 4) is 0 Å². The smallest absolute Gasteiger partial charge is 0.410 e. The highest BCUT2D eigenvalue weighted by molar-refractivity contribution is 6.38. The average Bonchev–Trinajstić information content (AvgIpc) is 2.84. The minimum Gasteiger partial charge on any atom is -0.442 e. The van der Waals surface area contributed by atoms with Gasteiger partial charge in [0.15, 0.2) is 0 Å². The van der Waals surface area contributed by atoms with Gasteiger partial charge in [-0.15, -0.1) is 0 Å².